The molecule has 4 aliphatic rings. The maximum atomic E-state index is 14.4. The minimum absolute atomic E-state index is 0.0323. The van der Waals surface area contributed by atoms with Crippen LogP contribution in [0.4, 0.5) is 5.69 Å². The van der Waals surface area contributed by atoms with E-state index < -0.39 is 22.6 Å². The van der Waals surface area contributed by atoms with E-state index in [4.69, 9.17) is 0 Å². The van der Waals surface area contributed by atoms with E-state index in [-0.39, 0.29) is 29.6 Å². The molecule has 2 fully saturated rings. The number of anilines is 1. The maximum Gasteiger partial charge on any atom is 0.251 e. The average Bonchev–Trinajstić information content (AvgIpc) is 3.15. The molecular formula is C27H33N3O4S. The highest BCUT2D eigenvalue weighted by Gasteiger charge is 2.70. The second-order valence-corrected chi connectivity index (χ2v) is 11.6. The summed E-state index contributed by atoms with van der Waals surface area (Å²) < 4.78 is -0.798. The third kappa shape index (κ3) is 3.73. The Kier molecular flexibility index (Phi) is 6.30. The summed E-state index contributed by atoms with van der Waals surface area (Å²) >= 11 is 1.60. The van der Waals surface area contributed by atoms with Gasteiger partial charge in [0.15, 0.2) is 0 Å². The van der Waals surface area contributed by atoms with Crippen LogP contribution in [0, 0.1) is 25.7 Å². The Bertz CT molecular complexity index is 1120. The van der Waals surface area contributed by atoms with Crippen LogP contribution in [0.2, 0.25) is 0 Å². The monoisotopic (exact) mass is 495 g/mol. The van der Waals surface area contributed by atoms with Gasteiger partial charge in [0.05, 0.1) is 16.6 Å². The van der Waals surface area contributed by atoms with Gasteiger partial charge in [-0.05, 0) is 43.9 Å². The molecule has 2 saturated heterocycles. The number of thioether (sulfide) groups is 1. The predicted octanol–water partition coefficient (Wildman–Crippen LogP) is 2.30. The second kappa shape index (κ2) is 9.13. The van der Waals surface area contributed by atoms with Crippen LogP contribution in [0.25, 0.3) is 0 Å². The molecule has 186 valence electrons. The first-order valence-electron chi connectivity index (χ1n) is 12.4. The number of benzene rings is 1. The number of aliphatic hydroxyl groups excluding tert-OH is 1. The van der Waals surface area contributed by atoms with Gasteiger partial charge in [0.1, 0.15) is 6.04 Å². The van der Waals surface area contributed by atoms with Crippen molar-refractivity contribution >= 4 is 35.2 Å². The van der Waals surface area contributed by atoms with E-state index in [2.05, 4.69) is 12.2 Å². The van der Waals surface area contributed by atoms with E-state index in [0.717, 1.165) is 16.8 Å². The number of carbonyl (C=O) groups excluding carboxylic acids is 3. The van der Waals surface area contributed by atoms with Gasteiger partial charge < -0.3 is 19.8 Å². The summed E-state index contributed by atoms with van der Waals surface area (Å²) in [4.78, 5) is 47.0. The minimum Gasteiger partial charge on any atom is -0.396 e. The Morgan fingerprint density at radius 3 is 2.63 bits per heavy atom. The van der Waals surface area contributed by atoms with Gasteiger partial charge >= 0.3 is 0 Å². The third-order valence-electron chi connectivity index (χ3n) is 7.82. The van der Waals surface area contributed by atoms with Crippen LogP contribution in [0.15, 0.2) is 42.5 Å². The Hall–Kier alpha value is -2.58. The van der Waals surface area contributed by atoms with Crippen molar-refractivity contribution in [3.8, 4) is 0 Å². The number of hydrogen-bond donors (Lipinski definition) is 1. The number of aryl methyl sites for hydroxylation is 2. The number of unbranched alkanes of at least 4 members (excludes halogenated alkanes) is 1. The van der Waals surface area contributed by atoms with Crippen molar-refractivity contribution in [1.29, 1.82) is 0 Å². The zero-order valence-corrected chi connectivity index (χ0v) is 21.3. The molecular weight excluding hydrogens is 462 g/mol. The molecule has 0 saturated carbocycles. The van der Waals surface area contributed by atoms with E-state index in [0.29, 0.717) is 32.5 Å². The van der Waals surface area contributed by atoms with E-state index in [9.17, 15) is 19.5 Å². The Labute approximate surface area is 210 Å². The summed E-state index contributed by atoms with van der Waals surface area (Å²) in [5.74, 6) is -1.34. The fraction of sp³-hybridized carbons (Fsp3) is 0.519. The van der Waals surface area contributed by atoms with Gasteiger partial charge in [0, 0.05) is 44.2 Å². The summed E-state index contributed by atoms with van der Waals surface area (Å²) in [6.07, 6.45) is 9.27. The zero-order valence-electron chi connectivity index (χ0n) is 20.5. The van der Waals surface area contributed by atoms with Crippen molar-refractivity contribution in [2.24, 2.45) is 11.8 Å². The number of amides is 3. The number of aliphatic hydroxyl groups is 1. The lowest BCUT2D eigenvalue weighted by Gasteiger charge is -2.35. The molecule has 8 heteroatoms. The lowest BCUT2D eigenvalue weighted by Crippen LogP contribution is -2.53. The fourth-order valence-electron chi connectivity index (χ4n) is 6.12. The minimum atomic E-state index is -0.798. The van der Waals surface area contributed by atoms with Crippen LogP contribution >= 0.6 is 11.8 Å². The summed E-state index contributed by atoms with van der Waals surface area (Å²) in [5, 5.41) is 9.20. The molecule has 5 rings (SSSR count). The molecule has 1 spiro atoms. The highest BCUT2D eigenvalue weighted by molar-refractivity contribution is 8.02. The molecule has 5 atom stereocenters. The van der Waals surface area contributed by atoms with Crippen LogP contribution in [0.3, 0.4) is 0 Å². The normalized spacial score (nSPS) is 32.0. The second-order valence-electron chi connectivity index (χ2n) is 10.1. The van der Waals surface area contributed by atoms with Crippen LogP contribution in [0.5, 0.6) is 0 Å². The molecule has 4 aliphatic heterocycles. The van der Waals surface area contributed by atoms with Crippen molar-refractivity contribution in [2.45, 2.75) is 42.7 Å². The standard InChI is InChI=1S/C27H33N3O4S/c1-17-9-10-18(2)19(16-17)29-14-7-11-27-22(21-20(35-27)8-6-12-28(3)24(21)32)25(33)30(13-4-5-15-31)23(27)26(29)34/h6-11,16,20-23,31H,4-5,12-15H2,1-3H3/t20-,21+,22-,23?,27-/m0/s1. The molecule has 0 radical (unpaired) electrons. The first-order chi connectivity index (χ1) is 16.8. The van der Waals surface area contributed by atoms with E-state index >= 15 is 0 Å². The van der Waals surface area contributed by atoms with Crippen molar-refractivity contribution in [2.75, 3.05) is 38.2 Å². The quantitative estimate of drug-likeness (QED) is 0.501. The van der Waals surface area contributed by atoms with Crippen LogP contribution in [-0.4, -0.2) is 82.0 Å². The lowest BCUT2D eigenvalue weighted by atomic mass is 9.78. The number of carbonyl (C=O) groups is 3. The highest BCUT2D eigenvalue weighted by atomic mass is 32.2. The van der Waals surface area contributed by atoms with E-state index in [1.807, 2.05) is 44.2 Å². The molecule has 35 heavy (non-hydrogen) atoms. The number of likely N-dealkylation sites (N-methyl/N-ethyl adjacent to an activating group) is 1. The topological polar surface area (TPSA) is 81.2 Å². The Morgan fingerprint density at radius 2 is 1.86 bits per heavy atom. The predicted molar refractivity (Wildman–Crippen MR) is 137 cm³/mol. The summed E-state index contributed by atoms with van der Waals surface area (Å²) in [6.45, 7) is 5.38. The molecule has 1 aromatic rings. The third-order valence-corrected chi connectivity index (χ3v) is 9.57. The first-order valence-corrected chi connectivity index (χ1v) is 13.2. The van der Waals surface area contributed by atoms with Crippen LogP contribution in [-0.2, 0) is 14.4 Å². The van der Waals surface area contributed by atoms with Crippen molar-refractivity contribution in [3.63, 3.8) is 0 Å². The molecule has 0 aliphatic carbocycles. The number of hydrogen-bond acceptors (Lipinski definition) is 5. The van der Waals surface area contributed by atoms with Gasteiger partial charge in [0.25, 0.3) is 5.91 Å². The number of rotatable bonds is 5. The van der Waals surface area contributed by atoms with E-state index in [1.165, 1.54) is 0 Å². The van der Waals surface area contributed by atoms with Gasteiger partial charge in [0.2, 0.25) is 11.8 Å². The maximum absolute atomic E-state index is 14.4. The summed E-state index contributed by atoms with van der Waals surface area (Å²) in [5.41, 5.74) is 2.93. The van der Waals surface area contributed by atoms with Crippen molar-refractivity contribution < 1.29 is 19.5 Å². The molecule has 1 aromatic carbocycles. The number of fused-ring (bicyclic) bond motifs is 2. The SMILES string of the molecule is Cc1ccc(C)c(N2CC=C[C@]34S[C@H]5C=CCN(C)C(=O)[C@H]5[C@H]3C(=O)N(CCCCO)C4C2=O)c1. The van der Waals surface area contributed by atoms with Crippen molar-refractivity contribution in [3.05, 3.63) is 53.6 Å². The first kappa shape index (κ1) is 24.1. The van der Waals surface area contributed by atoms with Gasteiger partial charge in [-0.25, -0.2) is 0 Å². The number of nitrogens with zero attached hydrogens (tertiary/aromatic N) is 3. The zero-order chi connectivity index (χ0) is 24.9. The lowest BCUT2D eigenvalue weighted by molar-refractivity contribution is -0.142. The molecule has 0 bridgehead atoms. The van der Waals surface area contributed by atoms with E-state index in [1.54, 1.807) is 33.5 Å². The summed E-state index contributed by atoms with van der Waals surface area (Å²) in [7, 11) is 1.77. The molecule has 4 heterocycles. The average molecular weight is 496 g/mol. The molecule has 3 amide bonds. The smallest absolute Gasteiger partial charge is 0.251 e. The molecule has 0 aromatic heterocycles. The van der Waals surface area contributed by atoms with Gasteiger partial charge in [-0.15, -0.1) is 11.8 Å². The number of likely N-dealkylation sites (tertiary alicyclic amines) is 1. The van der Waals surface area contributed by atoms with Crippen molar-refractivity contribution in [1.82, 2.24) is 9.80 Å². The van der Waals surface area contributed by atoms with Gasteiger partial charge in [-0.1, -0.05) is 36.4 Å². The fourth-order valence-corrected chi connectivity index (χ4v) is 8.13. The molecule has 1 N–H and O–H groups in total. The summed E-state index contributed by atoms with van der Waals surface area (Å²) in [6, 6.07) is 5.38. The Morgan fingerprint density at radius 1 is 1.06 bits per heavy atom. The Balaban J connectivity index is 1.61. The largest absolute Gasteiger partial charge is 0.396 e. The van der Waals surface area contributed by atoms with Crippen LogP contribution in [0.1, 0.15) is 24.0 Å². The van der Waals surface area contributed by atoms with Gasteiger partial charge in [-0.3, -0.25) is 14.4 Å². The molecule has 1 unspecified atom stereocenters. The molecule has 7 nitrogen and oxygen atoms in total. The van der Waals surface area contributed by atoms with Crippen LogP contribution < -0.4 is 4.90 Å². The van der Waals surface area contributed by atoms with Gasteiger partial charge in [-0.2, -0.15) is 0 Å². The highest BCUT2D eigenvalue weighted by Crippen LogP contribution is 2.61.